The molecule has 84 valence electrons. The number of hydrogen-bond donors (Lipinski definition) is 0. The highest BCUT2D eigenvalue weighted by atomic mass is 32.2. The average molecular weight is 230 g/mol. The molecule has 5 heteroatoms. The lowest BCUT2D eigenvalue weighted by Crippen LogP contribution is -2.36. The summed E-state index contributed by atoms with van der Waals surface area (Å²) < 4.78 is 28.3. The van der Waals surface area contributed by atoms with Crippen molar-refractivity contribution >= 4 is 15.6 Å². The Morgan fingerprint density at radius 1 is 1.40 bits per heavy atom. The zero-order chi connectivity index (χ0) is 10.9. The summed E-state index contributed by atoms with van der Waals surface area (Å²) in [7, 11) is -3.21. The molecule has 0 saturated carbocycles. The van der Waals surface area contributed by atoms with Gasteiger partial charge in [-0.2, -0.15) is 0 Å². The Labute approximate surface area is 89.2 Å². The van der Waals surface area contributed by atoms with Gasteiger partial charge < -0.3 is 4.74 Å². The molecule has 0 aromatic carbocycles. The molecular formula is C10H14O4S. The lowest BCUT2D eigenvalue weighted by atomic mass is 10.0. The SMILES string of the molecule is O=C(C1=COCC1)C1CCCCS1(=O)=O. The van der Waals surface area contributed by atoms with Crippen molar-refractivity contribution in [3.63, 3.8) is 0 Å². The number of carbonyl (C=O) groups is 1. The molecule has 1 unspecified atom stereocenters. The molecule has 15 heavy (non-hydrogen) atoms. The zero-order valence-electron chi connectivity index (χ0n) is 8.44. The van der Waals surface area contributed by atoms with Crippen LogP contribution in [0.15, 0.2) is 11.8 Å². The van der Waals surface area contributed by atoms with Crippen LogP contribution in [0.3, 0.4) is 0 Å². The van der Waals surface area contributed by atoms with Crippen LogP contribution in [0.4, 0.5) is 0 Å². The molecule has 4 nitrogen and oxygen atoms in total. The molecule has 0 aromatic rings. The molecule has 0 bridgehead atoms. The van der Waals surface area contributed by atoms with E-state index in [2.05, 4.69) is 0 Å². The van der Waals surface area contributed by atoms with Crippen molar-refractivity contribution in [2.24, 2.45) is 0 Å². The summed E-state index contributed by atoms with van der Waals surface area (Å²) in [5.41, 5.74) is 0.533. The Kier molecular flexibility index (Phi) is 2.82. The fourth-order valence-electron chi connectivity index (χ4n) is 2.02. The fourth-order valence-corrected chi connectivity index (χ4v) is 3.92. The van der Waals surface area contributed by atoms with Gasteiger partial charge in [0.2, 0.25) is 0 Å². The number of carbonyl (C=O) groups excluding carboxylic acids is 1. The molecule has 0 N–H and O–H groups in total. The molecular weight excluding hydrogens is 216 g/mol. The van der Waals surface area contributed by atoms with E-state index in [4.69, 9.17) is 4.74 Å². The average Bonchev–Trinajstić information content (AvgIpc) is 2.69. The summed E-state index contributed by atoms with van der Waals surface area (Å²) in [5, 5.41) is -0.806. The monoisotopic (exact) mass is 230 g/mol. The van der Waals surface area contributed by atoms with E-state index in [1.807, 2.05) is 0 Å². The van der Waals surface area contributed by atoms with Crippen LogP contribution in [0.1, 0.15) is 25.7 Å². The molecule has 0 amide bonds. The largest absolute Gasteiger partial charge is 0.500 e. The van der Waals surface area contributed by atoms with E-state index in [1.165, 1.54) is 6.26 Å². The van der Waals surface area contributed by atoms with Crippen molar-refractivity contribution in [1.82, 2.24) is 0 Å². The van der Waals surface area contributed by atoms with Crippen LogP contribution in [0.2, 0.25) is 0 Å². The Morgan fingerprint density at radius 3 is 2.80 bits per heavy atom. The highest BCUT2D eigenvalue weighted by molar-refractivity contribution is 7.92. The summed E-state index contributed by atoms with van der Waals surface area (Å²) in [5.74, 6) is -0.0930. The first kappa shape index (κ1) is 10.7. The highest BCUT2D eigenvalue weighted by Crippen LogP contribution is 2.25. The second-order valence-electron chi connectivity index (χ2n) is 3.98. The molecule has 2 aliphatic heterocycles. The quantitative estimate of drug-likeness (QED) is 0.705. The van der Waals surface area contributed by atoms with Gasteiger partial charge in [-0.05, 0) is 12.8 Å². The predicted octanol–water partition coefficient (Wildman–Crippen LogP) is 0.827. The van der Waals surface area contributed by atoms with Crippen molar-refractivity contribution < 1.29 is 17.9 Å². The van der Waals surface area contributed by atoms with Gasteiger partial charge in [0, 0.05) is 12.0 Å². The number of hydrogen-bond acceptors (Lipinski definition) is 4. The van der Waals surface area contributed by atoms with E-state index in [-0.39, 0.29) is 11.5 Å². The number of rotatable bonds is 2. The van der Waals surface area contributed by atoms with E-state index >= 15 is 0 Å². The van der Waals surface area contributed by atoms with Crippen LogP contribution in [-0.4, -0.2) is 31.8 Å². The molecule has 0 aromatic heterocycles. The minimum atomic E-state index is -3.21. The first-order valence-electron chi connectivity index (χ1n) is 5.18. The van der Waals surface area contributed by atoms with Gasteiger partial charge in [-0.3, -0.25) is 4.79 Å². The molecule has 0 aliphatic carbocycles. The number of ketones is 1. The van der Waals surface area contributed by atoms with Crippen molar-refractivity contribution in [3.05, 3.63) is 11.8 Å². The van der Waals surface area contributed by atoms with Crippen molar-refractivity contribution in [2.45, 2.75) is 30.9 Å². The Hall–Kier alpha value is -0.840. The van der Waals surface area contributed by atoms with E-state index in [0.717, 1.165) is 6.42 Å². The second-order valence-corrected chi connectivity index (χ2v) is 6.28. The third kappa shape index (κ3) is 2.07. The summed E-state index contributed by atoms with van der Waals surface area (Å²) >= 11 is 0. The molecule has 1 atom stereocenters. The third-order valence-corrected chi connectivity index (χ3v) is 5.08. The maximum atomic E-state index is 11.9. The van der Waals surface area contributed by atoms with Gasteiger partial charge in [0.05, 0.1) is 18.6 Å². The topological polar surface area (TPSA) is 60.4 Å². The van der Waals surface area contributed by atoms with Gasteiger partial charge in [-0.25, -0.2) is 8.42 Å². The van der Waals surface area contributed by atoms with Gasteiger partial charge in [-0.1, -0.05) is 6.42 Å². The van der Waals surface area contributed by atoms with Crippen LogP contribution in [0.25, 0.3) is 0 Å². The molecule has 0 spiro atoms. The lowest BCUT2D eigenvalue weighted by molar-refractivity contribution is -0.115. The molecule has 2 aliphatic rings. The highest BCUT2D eigenvalue weighted by Gasteiger charge is 2.36. The minimum Gasteiger partial charge on any atom is -0.500 e. The van der Waals surface area contributed by atoms with Gasteiger partial charge >= 0.3 is 0 Å². The van der Waals surface area contributed by atoms with Gasteiger partial charge in [0.25, 0.3) is 0 Å². The zero-order valence-corrected chi connectivity index (χ0v) is 9.26. The number of ether oxygens (including phenoxy) is 1. The van der Waals surface area contributed by atoms with Crippen LogP contribution >= 0.6 is 0 Å². The van der Waals surface area contributed by atoms with Gasteiger partial charge in [0.1, 0.15) is 5.25 Å². The predicted molar refractivity (Wildman–Crippen MR) is 55.1 cm³/mol. The summed E-state index contributed by atoms with van der Waals surface area (Å²) in [6.07, 6.45) is 3.93. The normalized spacial score (nSPS) is 29.3. The summed E-state index contributed by atoms with van der Waals surface area (Å²) in [4.78, 5) is 11.9. The smallest absolute Gasteiger partial charge is 0.180 e. The molecule has 2 rings (SSSR count). The second kappa shape index (κ2) is 3.96. The van der Waals surface area contributed by atoms with Crippen LogP contribution in [0, 0.1) is 0 Å². The Bertz CT molecular complexity index is 394. The first-order valence-corrected chi connectivity index (χ1v) is 6.89. The fraction of sp³-hybridized carbons (Fsp3) is 0.700. The van der Waals surface area contributed by atoms with Crippen LogP contribution in [0.5, 0.6) is 0 Å². The molecule has 2 heterocycles. The van der Waals surface area contributed by atoms with E-state index in [0.29, 0.717) is 31.4 Å². The molecule has 0 radical (unpaired) electrons. The maximum absolute atomic E-state index is 11.9. The summed E-state index contributed by atoms with van der Waals surface area (Å²) in [6, 6.07) is 0. The molecule has 1 fully saturated rings. The van der Waals surface area contributed by atoms with E-state index in [9.17, 15) is 13.2 Å². The van der Waals surface area contributed by atoms with E-state index < -0.39 is 15.1 Å². The van der Waals surface area contributed by atoms with Crippen LogP contribution in [-0.2, 0) is 19.4 Å². The lowest BCUT2D eigenvalue weighted by Gasteiger charge is -2.20. The van der Waals surface area contributed by atoms with E-state index in [1.54, 1.807) is 0 Å². The Morgan fingerprint density at radius 2 is 2.20 bits per heavy atom. The van der Waals surface area contributed by atoms with Gasteiger partial charge in [0.15, 0.2) is 15.6 Å². The Balaban J connectivity index is 2.18. The maximum Gasteiger partial charge on any atom is 0.180 e. The van der Waals surface area contributed by atoms with Crippen molar-refractivity contribution in [2.75, 3.05) is 12.4 Å². The van der Waals surface area contributed by atoms with Crippen molar-refractivity contribution in [3.8, 4) is 0 Å². The van der Waals surface area contributed by atoms with Crippen LogP contribution < -0.4 is 0 Å². The standard InChI is InChI=1S/C10H14O4S/c11-10(8-4-5-14-7-8)9-3-1-2-6-15(9,12)13/h7,9H,1-6H2. The first-order chi connectivity index (χ1) is 7.11. The molecule has 1 saturated heterocycles. The number of sulfone groups is 1. The third-order valence-electron chi connectivity index (χ3n) is 2.90. The van der Waals surface area contributed by atoms with Crippen molar-refractivity contribution in [1.29, 1.82) is 0 Å². The summed E-state index contributed by atoms with van der Waals surface area (Å²) in [6.45, 7) is 0.494. The minimum absolute atomic E-state index is 0.150. The van der Waals surface area contributed by atoms with Gasteiger partial charge in [-0.15, -0.1) is 0 Å². The number of Topliss-reactive ketones (excluding diaryl/α,β-unsaturated/α-hetero) is 1.